The van der Waals surface area contributed by atoms with Crippen LogP contribution in [0.15, 0.2) is 36.4 Å². The van der Waals surface area contributed by atoms with E-state index in [0.717, 1.165) is 61.8 Å². The molecular weight excluding hydrogens is 368 g/mol. The molecule has 1 fully saturated rings. The van der Waals surface area contributed by atoms with Crippen molar-refractivity contribution >= 4 is 16.6 Å². The van der Waals surface area contributed by atoms with Gasteiger partial charge in [-0.1, -0.05) is 0 Å². The number of hydrogen-bond acceptors (Lipinski definition) is 4. The summed E-state index contributed by atoms with van der Waals surface area (Å²) in [6.45, 7) is 7.08. The third-order valence-electron chi connectivity index (χ3n) is 5.87. The molecule has 1 aliphatic heterocycles. The third kappa shape index (κ3) is 4.03. The number of hydrogen-bond donors (Lipinski definition) is 1. The van der Waals surface area contributed by atoms with Gasteiger partial charge in [0.15, 0.2) is 11.5 Å². The molecule has 1 N–H and O–H groups in total. The zero-order valence-electron chi connectivity index (χ0n) is 17.3. The molecule has 0 spiro atoms. The van der Waals surface area contributed by atoms with Crippen LogP contribution in [0.4, 0.5) is 10.1 Å². The molecule has 0 unspecified atom stereocenters. The van der Waals surface area contributed by atoms with Gasteiger partial charge < -0.3 is 19.4 Å². The van der Waals surface area contributed by atoms with Crippen molar-refractivity contribution in [1.82, 2.24) is 9.88 Å². The number of H-pyrrole nitrogens is 1. The van der Waals surface area contributed by atoms with Crippen molar-refractivity contribution in [2.24, 2.45) is 0 Å². The second kappa shape index (κ2) is 8.33. The van der Waals surface area contributed by atoms with Crippen LogP contribution in [0.5, 0.6) is 11.5 Å². The molecule has 2 aromatic carbocycles. The van der Waals surface area contributed by atoms with Crippen LogP contribution < -0.4 is 14.4 Å². The molecular formula is C23H28FN3O2. The van der Waals surface area contributed by atoms with Gasteiger partial charge >= 0.3 is 0 Å². The molecule has 0 radical (unpaired) electrons. The highest BCUT2D eigenvalue weighted by atomic mass is 18.2. The fourth-order valence-electron chi connectivity index (χ4n) is 4.19. The first-order chi connectivity index (χ1) is 14.1. The highest BCUT2D eigenvalue weighted by Crippen LogP contribution is 2.34. The topological polar surface area (TPSA) is 40.7 Å². The molecule has 4 rings (SSSR count). The van der Waals surface area contributed by atoms with Gasteiger partial charge in [0.05, 0.1) is 14.2 Å². The predicted octanol–water partition coefficient (Wildman–Crippen LogP) is 4.00. The van der Waals surface area contributed by atoms with Crippen LogP contribution in [0.3, 0.4) is 0 Å². The van der Waals surface area contributed by atoms with Crippen LogP contribution in [-0.2, 0) is 6.42 Å². The van der Waals surface area contributed by atoms with Crippen molar-refractivity contribution in [2.45, 2.75) is 13.3 Å². The average molecular weight is 396 g/mol. The van der Waals surface area contributed by atoms with Crippen molar-refractivity contribution in [3.63, 3.8) is 0 Å². The van der Waals surface area contributed by atoms with Crippen molar-refractivity contribution in [2.75, 3.05) is 51.8 Å². The molecule has 0 amide bonds. The molecule has 0 saturated carbocycles. The van der Waals surface area contributed by atoms with E-state index < -0.39 is 0 Å². The van der Waals surface area contributed by atoms with E-state index >= 15 is 0 Å². The summed E-state index contributed by atoms with van der Waals surface area (Å²) in [6.07, 6.45) is 0.984. The number of ether oxygens (including phenoxy) is 2. The van der Waals surface area contributed by atoms with E-state index in [2.05, 4.69) is 27.8 Å². The Hall–Kier alpha value is -2.73. The van der Waals surface area contributed by atoms with E-state index in [4.69, 9.17) is 9.47 Å². The predicted molar refractivity (Wildman–Crippen MR) is 115 cm³/mol. The Kier molecular flexibility index (Phi) is 5.62. The Labute approximate surface area is 171 Å². The number of nitrogens with zero attached hydrogens (tertiary/aromatic N) is 2. The number of rotatable bonds is 6. The van der Waals surface area contributed by atoms with Gasteiger partial charge in [-0.25, -0.2) is 4.39 Å². The number of nitrogens with one attached hydrogen (secondary N) is 1. The van der Waals surface area contributed by atoms with E-state index in [-0.39, 0.29) is 5.82 Å². The summed E-state index contributed by atoms with van der Waals surface area (Å²) in [4.78, 5) is 8.30. The molecule has 5 nitrogen and oxygen atoms in total. The van der Waals surface area contributed by atoms with E-state index in [1.807, 2.05) is 18.2 Å². The average Bonchev–Trinajstić information content (AvgIpc) is 3.06. The standard InChI is InChI=1S/C23H28FN3O2/c1-16-19(20-14-22(28-2)23(29-3)15-21(20)25-16)8-9-26-10-12-27(13-11-26)18-6-4-17(24)5-7-18/h4-7,14-15,25H,8-13H2,1-3H3/i24-1. The van der Waals surface area contributed by atoms with E-state index in [1.54, 1.807) is 14.2 Å². The van der Waals surface area contributed by atoms with Crippen molar-refractivity contribution < 1.29 is 13.9 Å². The first-order valence-corrected chi connectivity index (χ1v) is 10.0. The van der Waals surface area contributed by atoms with E-state index in [0.29, 0.717) is 0 Å². The van der Waals surface area contributed by atoms with E-state index in [9.17, 15) is 4.39 Å². The smallest absolute Gasteiger partial charge is 0.162 e. The van der Waals surface area contributed by atoms with Crippen LogP contribution in [0, 0.1) is 12.7 Å². The summed E-state index contributed by atoms with van der Waals surface area (Å²) >= 11 is 0. The summed E-state index contributed by atoms with van der Waals surface area (Å²) < 4.78 is 24.0. The molecule has 6 heteroatoms. The number of piperazine rings is 1. The van der Waals surface area contributed by atoms with Crippen LogP contribution in [-0.4, -0.2) is 56.8 Å². The van der Waals surface area contributed by atoms with Gasteiger partial charge in [0.25, 0.3) is 0 Å². The fourth-order valence-corrected chi connectivity index (χ4v) is 4.19. The van der Waals surface area contributed by atoms with Crippen LogP contribution >= 0.6 is 0 Å². The van der Waals surface area contributed by atoms with Crippen molar-refractivity contribution in [3.05, 3.63) is 53.5 Å². The molecule has 154 valence electrons. The highest BCUT2D eigenvalue weighted by molar-refractivity contribution is 5.88. The number of aryl methyl sites for hydroxylation is 1. The van der Waals surface area contributed by atoms with Crippen LogP contribution in [0.2, 0.25) is 0 Å². The summed E-state index contributed by atoms with van der Waals surface area (Å²) in [5, 5.41) is 1.20. The number of anilines is 1. The van der Waals surface area contributed by atoms with Crippen molar-refractivity contribution in [1.29, 1.82) is 0 Å². The zero-order valence-corrected chi connectivity index (χ0v) is 17.3. The van der Waals surface area contributed by atoms with Crippen molar-refractivity contribution in [3.8, 4) is 11.5 Å². The van der Waals surface area contributed by atoms with Gasteiger partial charge in [0, 0.05) is 61.1 Å². The van der Waals surface area contributed by atoms with Gasteiger partial charge in [-0.05, 0) is 49.2 Å². The molecule has 2 heterocycles. The Morgan fingerprint density at radius 2 is 1.62 bits per heavy atom. The molecule has 0 atom stereocenters. The Bertz CT molecular complexity index is 976. The second-order valence-corrected chi connectivity index (χ2v) is 7.54. The van der Waals surface area contributed by atoms with E-state index in [1.165, 1.54) is 28.8 Å². The summed E-state index contributed by atoms with van der Waals surface area (Å²) in [5.74, 6) is 1.31. The number of halogens is 1. The summed E-state index contributed by atoms with van der Waals surface area (Å²) in [5.41, 5.74) is 4.71. The molecule has 29 heavy (non-hydrogen) atoms. The second-order valence-electron chi connectivity index (χ2n) is 7.54. The lowest BCUT2D eigenvalue weighted by atomic mass is 10.1. The van der Waals surface area contributed by atoms with Gasteiger partial charge in [0.2, 0.25) is 0 Å². The third-order valence-corrected chi connectivity index (χ3v) is 5.87. The lowest BCUT2D eigenvalue weighted by molar-refractivity contribution is 0.261. The Balaban J connectivity index is 1.41. The molecule has 1 aliphatic rings. The molecule has 1 aromatic heterocycles. The Morgan fingerprint density at radius 3 is 2.28 bits per heavy atom. The van der Waals surface area contributed by atoms with Crippen LogP contribution in [0.1, 0.15) is 11.3 Å². The first kappa shape index (κ1) is 19.6. The number of fused-ring (bicyclic) bond motifs is 1. The lowest BCUT2D eigenvalue weighted by Gasteiger charge is -2.36. The normalized spacial score (nSPS) is 15.1. The summed E-state index contributed by atoms with van der Waals surface area (Å²) in [6, 6.07) is 10.9. The minimum atomic E-state index is -0.185. The number of benzene rings is 2. The minimum absolute atomic E-state index is 0.185. The lowest BCUT2D eigenvalue weighted by Crippen LogP contribution is -2.47. The van der Waals surface area contributed by atoms with Gasteiger partial charge in [-0.2, -0.15) is 0 Å². The van der Waals surface area contributed by atoms with Gasteiger partial charge in [0.1, 0.15) is 5.82 Å². The van der Waals surface area contributed by atoms with Gasteiger partial charge in [-0.3, -0.25) is 4.90 Å². The summed E-state index contributed by atoms with van der Waals surface area (Å²) in [7, 11) is 3.33. The molecule has 0 aliphatic carbocycles. The quantitative estimate of drug-likeness (QED) is 0.684. The monoisotopic (exact) mass is 396 g/mol. The highest BCUT2D eigenvalue weighted by Gasteiger charge is 2.19. The zero-order chi connectivity index (χ0) is 20.4. The SMILES string of the molecule is COc1cc2[nH]c(C)c(CCN3CCN(c4ccc([18F])cc4)CC3)c2cc1OC. The molecule has 1 saturated heterocycles. The Morgan fingerprint density at radius 1 is 0.966 bits per heavy atom. The molecule has 3 aromatic rings. The minimum Gasteiger partial charge on any atom is -0.493 e. The maximum Gasteiger partial charge on any atom is 0.162 e. The number of methoxy groups -OCH3 is 2. The van der Waals surface area contributed by atoms with Gasteiger partial charge in [-0.15, -0.1) is 0 Å². The first-order valence-electron chi connectivity index (χ1n) is 10.0. The maximum absolute atomic E-state index is 13.1. The largest absolute Gasteiger partial charge is 0.493 e. The molecule has 0 bridgehead atoms. The fraction of sp³-hybridized carbons (Fsp3) is 0.391. The number of aromatic nitrogens is 1. The van der Waals surface area contributed by atoms with Crippen LogP contribution in [0.25, 0.3) is 10.9 Å². The number of aromatic amines is 1. The maximum atomic E-state index is 13.1.